The van der Waals surface area contributed by atoms with Crippen LogP contribution in [0.15, 0.2) is 35.4 Å². The molecule has 0 aliphatic heterocycles. The molecular formula is C13H15F2N3O2S. The van der Waals surface area contributed by atoms with Crippen molar-refractivity contribution in [3.8, 4) is 0 Å². The van der Waals surface area contributed by atoms with Crippen LogP contribution in [0.3, 0.4) is 0 Å². The quantitative estimate of drug-likeness (QED) is 0.765. The van der Waals surface area contributed by atoms with Gasteiger partial charge in [-0.05, 0) is 24.7 Å². The summed E-state index contributed by atoms with van der Waals surface area (Å²) in [5, 5.41) is 3.04. The van der Waals surface area contributed by atoms with E-state index in [-0.39, 0.29) is 4.90 Å². The van der Waals surface area contributed by atoms with Crippen molar-refractivity contribution in [2.75, 3.05) is 11.3 Å². The van der Waals surface area contributed by atoms with Crippen molar-refractivity contribution < 1.29 is 17.2 Å². The Morgan fingerprint density at radius 1 is 1.29 bits per heavy atom. The average Bonchev–Trinajstić information content (AvgIpc) is 2.91. The maximum Gasteiger partial charge on any atom is 0.263 e. The standard InChI is InChI=1S/C13H15F2N3O2S/c1-2-16-7-9-6-10(8-17-9)21(19,20)18-12-5-3-4-11(14)13(12)15/h3-6,8,16-18H,2,7H2,1H3. The zero-order valence-electron chi connectivity index (χ0n) is 11.3. The van der Waals surface area contributed by atoms with E-state index in [2.05, 4.69) is 10.3 Å². The molecular weight excluding hydrogens is 300 g/mol. The third-order valence-electron chi connectivity index (χ3n) is 2.79. The molecule has 2 aromatic rings. The molecule has 1 aromatic heterocycles. The third-order valence-corrected chi connectivity index (χ3v) is 4.13. The van der Waals surface area contributed by atoms with Gasteiger partial charge in [0.05, 0.1) is 5.69 Å². The molecule has 0 aliphatic carbocycles. The summed E-state index contributed by atoms with van der Waals surface area (Å²) in [6.07, 6.45) is 1.30. The van der Waals surface area contributed by atoms with Crippen molar-refractivity contribution in [3.05, 3.63) is 47.8 Å². The number of aromatic nitrogens is 1. The Bertz CT molecular complexity index is 729. The highest BCUT2D eigenvalue weighted by Gasteiger charge is 2.19. The van der Waals surface area contributed by atoms with E-state index in [0.717, 1.165) is 18.7 Å². The highest BCUT2D eigenvalue weighted by Crippen LogP contribution is 2.21. The largest absolute Gasteiger partial charge is 0.363 e. The van der Waals surface area contributed by atoms with Gasteiger partial charge in [0.2, 0.25) is 0 Å². The molecule has 0 radical (unpaired) electrons. The van der Waals surface area contributed by atoms with Crippen LogP contribution in [0.2, 0.25) is 0 Å². The molecule has 0 atom stereocenters. The first kappa shape index (κ1) is 15.5. The number of aromatic amines is 1. The van der Waals surface area contributed by atoms with Crippen molar-refractivity contribution in [2.45, 2.75) is 18.4 Å². The summed E-state index contributed by atoms with van der Waals surface area (Å²) in [6.45, 7) is 3.16. The number of nitrogens with one attached hydrogen (secondary N) is 3. The van der Waals surface area contributed by atoms with Gasteiger partial charge in [0.25, 0.3) is 10.0 Å². The van der Waals surface area contributed by atoms with Crippen LogP contribution in [0.5, 0.6) is 0 Å². The number of benzene rings is 1. The first-order valence-corrected chi connectivity index (χ1v) is 7.77. The molecule has 3 N–H and O–H groups in total. The lowest BCUT2D eigenvalue weighted by atomic mass is 10.3. The van der Waals surface area contributed by atoms with E-state index >= 15 is 0 Å². The molecule has 0 saturated carbocycles. The number of sulfonamides is 1. The normalized spacial score (nSPS) is 11.6. The summed E-state index contributed by atoms with van der Waals surface area (Å²) in [5.74, 6) is -2.35. The summed E-state index contributed by atoms with van der Waals surface area (Å²) in [4.78, 5) is 2.77. The van der Waals surface area contributed by atoms with Gasteiger partial charge >= 0.3 is 0 Å². The molecule has 0 aliphatic rings. The molecule has 0 saturated heterocycles. The smallest absolute Gasteiger partial charge is 0.263 e. The second-order valence-corrected chi connectivity index (χ2v) is 6.03. The molecule has 21 heavy (non-hydrogen) atoms. The molecule has 1 aromatic carbocycles. The van der Waals surface area contributed by atoms with Gasteiger partial charge in [0.15, 0.2) is 11.6 Å². The van der Waals surface area contributed by atoms with Crippen molar-refractivity contribution in [1.82, 2.24) is 10.3 Å². The van der Waals surface area contributed by atoms with Gasteiger partial charge < -0.3 is 10.3 Å². The first-order valence-electron chi connectivity index (χ1n) is 6.29. The Morgan fingerprint density at radius 3 is 2.76 bits per heavy atom. The summed E-state index contributed by atoms with van der Waals surface area (Å²) in [6, 6.07) is 4.73. The fourth-order valence-corrected chi connectivity index (χ4v) is 2.80. The maximum absolute atomic E-state index is 13.5. The Morgan fingerprint density at radius 2 is 2.05 bits per heavy atom. The van der Waals surface area contributed by atoms with E-state index < -0.39 is 27.3 Å². The fraction of sp³-hybridized carbons (Fsp3) is 0.231. The summed E-state index contributed by atoms with van der Waals surface area (Å²) in [5.41, 5.74) is 0.251. The molecule has 0 fully saturated rings. The van der Waals surface area contributed by atoms with Gasteiger partial charge in [0.1, 0.15) is 4.90 Å². The van der Waals surface area contributed by atoms with Crippen LogP contribution in [0.4, 0.5) is 14.5 Å². The zero-order chi connectivity index (χ0) is 15.5. The monoisotopic (exact) mass is 315 g/mol. The van der Waals surface area contributed by atoms with E-state index in [1.54, 1.807) is 0 Å². The highest BCUT2D eigenvalue weighted by molar-refractivity contribution is 7.92. The van der Waals surface area contributed by atoms with E-state index in [1.165, 1.54) is 18.3 Å². The van der Waals surface area contributed by atoms with E-state index in [4.69, 9.17) is 0 Å². The van der Waals surface area contributed by atoms with Crippen molar-refractivity contribution in [3.63, 3.8) is 0 Å². The first-order chi connectivity index (χ1) is 9.94. The van der Waals surface area contributed by atoms with Gasteiger partial charge in [-0.15, -0.1) is 0 Å². The molecule has 0 spiro atoms. The number of hydrogen-bond acceptors (Lipinski definition) is 3. The molecule has 0 unspecified atom stereocenters. The Labute approximate surface area is 121 Å². The summed E-state index contributed by atoms with van der Waals surface area (Å²) in [7, 11) is -3.97. The topological polar surface area (TPSA) is 74.0 Å². The number of rotatable bonds is 6. The molecule has 0 amide bonds. The van der Waals surface area contributed by atoms with E-state index in [9.17, 15) is 17.2 Å². The zero-order valence-corrected chi connectivity index (χ0v) is 12.1. The average molecular weight is 315 g/mol. The third kappa shape index (κ3) is 3.59. The maximum atomic E-state index is 13.5. The lowest BCUT2D eigenvalue weighted by Crippen LogP contribution is -2.14. The van der Waals surface area contributed by atoms with Crippen LogP contribution < -0.4 is 10.0 Å². The predicted molar refractivity (Wildman–Crippen MR) is 75.3 cm³/mol. The van der Waals surface area contributed by atoms with Crippen LogP contribution in [0.1, 0.15) is 12.6 Å². The minimum Gasteiger partial charge on any atom is -0.363 e. The number of anilines is 1. The number of H-pyrrole nitrogens is 1. The van der Waals surface area contributed by atoms with Gasteiger partial charge in [0, 0.05) is 18.4 Å². The summed E-state index contributed by atoms with van der Waals surface area (Å²) >= 11 is 0. The Hall–Kier alpha value is -1.93. The molecule has 0 bridgehead atoms. The number of halogens is 2. The lowest BCUT2D eigenvalue weighted by Gasteiger charge is -2.07. The second kappa shape index (κ2) is 6.23. The number of hydrogen-bond donors (Lipinski definition) is 3. The SMILES string of the molecule is CCNCc1cc(S(=O)(=O)Nc2cccc(F)c2F)c[nH]1. The van der Waals surface area contributed by atoms with Crippen LogP contribution in [-0.4, -0.2) is 19.9 Å². The molecule has 5 nitrogen and oxygen atoms in total. The molecule has 114 valence electrons. The fourth-order valence-electron chi connectivity index (χ4n) is 1.72. The second-order valence-electron chi connectivity index (χ2n) is 4.35. The Balaban J connectivity index is 2.22. The minimum atomic E-state index is -3.97. The van der Waals surface area contributed by atoms with Crippen molar-refractivity contribution in [1.29, 1.82) is 0 Å². The lowest BCUT2D eigenvalue weighted by molar-refractivity contribution is 0.511. The summed E-state index contributed by atoms with van der Waals surface area (Å²) < 4.78 is 52.8. The van der Waals surface area contributed by atoms with Gasteiger partial charge in [-0.3, -0.25) is 4.72 Å². The van der Waals surface area contributed by atoms with Crippen LogP contribution in [0.25, 0.3) is 0 Å². The van der Waals surface area contributed by atoms with Crippen molar-refractivity contribution >= 4 is 15.7 Å². The van der Waals surface area contributed by atoms with Crippen molar-refractivity contribution in [2.24, 2.45) is 0 Å². The van der Waals surface area contributed by atoms with Crippen LogP contribution >= 0.6 is 0 Å². The van der Waals surface area contributed by atoms with E-state index in [1.807, 2.05) is 11.6 Å². The highest BCUT2D eigenvalue weighted by atomic mass is 32.2. The van der Waals surface area contributed by atoms with Crippen LogP contribution in [-0.2, 0) is 16.6 Å². The molecule has 8 heteroatoms. The van der Waals surface area contributed by atoms with Gasteiger partial charge in [-0.2, -0.15) is 0 Å². The molecule has 1 heterocycles. The van der Waals surface area contributed by atoms with Gasteiger partial charge in [-0.1, -0.05) is 13.0 Å². The van der Waals surface area contributed by atoms with Crippen LogP contribution in [0, 0.1) is 11.6 Å². The molecule has 2 rings (SSSR count). The Kier molecular flexibility index (Phi) is 4.59. The minimum absolute atomic E-state index is 0.0425. The predicted octanol–water partition coefficient (Wildman–Crippen LogP) is 2.20. The van der Waals surface area contributed by atoms with Gasteiger partial charge in [-0.25, -0.2) is 17.2 Å². The van der Waals surface area contributed by atoms with E-state index in [0.29, 0.717) is 12.2 Å².